The molecular formula is C13H17ClFNO2. The zero-order valence-corrected chi connectivity index (χ0v) is 11.1. The molecule has 3 nitrogen and oxygen atoms in total. The summed E-state index contributed by atoms with van der Waals surface area (Å²) in [6, 6.07) is 4.05. The Morgan fingerprint density at radius 1 is 1.39 bits per heavy atom. The van der Waals surface area contributed by atoms with E-state index in [0.717, 1.165) is 19.3 Å². The van der Waals surface area contributed by atoms with Gasteiger partial charge in [0.15, 0.2) is 11.6 Å². The molecular weight excluding hydrogens is 257 g/mol. The highest BCUT2D eigenvalue weighted by Gasteiger charge is 2.09. The van der Waals surface area contributed by atoms with E-state index in [1.165, 1.54) is 25.3 Å². The van der Waals surface area contributed by atoms with E-state index in [2.05, 4.69) is 5.32 Å². The number of carbonyl (C=O) groups excluding carboxylic acids is 1. The molecule has 0 atom stereocenters. The van der Waals surface area contributed by atoms with Crippen molar-refractivity contribution in [2.24, 2.45) is 0 Å². The number of hydrogen-bond acceptors (Lipinski definition) is 2. The fourth-order valence-corrected chi connectivity index (χ4v) is 1.69. The molecule has 1 N–H and O–H groups in total. The fourth-order valence-electron chi connectivity index (χ4n) is 1.50. The van der Waals surface area contributed by atoms with Crippen molar-refractivity contribution in [3.63, 3.8) is 0 Å². The van der Waals surface area contributed by atoms with Gasteiger partial charge >= 0.3 is 0 Å². The molecule has 0 saturated carbocycles. The molecule has 1 amide bonds. The summed E-state index contributed by atoms with van der Waals surface area (Å²) < 4.78 is 18.0. The van der Waals surface area contributed by atoms with Crippen LogP contribution < -0.4 is 10.1 Å². The van der Waals surface area contributed by atoms with Crippen molar-refractivity contribution < 1.29 is 13.9 Å². The summed E-state index contributed by atoms with van der Waals surface area (Å²) >= 11 is 5.55. The van der Waals surface area contributed by atoms with Crippen molar-refractivity contribution >= 4 is 17.5 Å². The Kier molecular flexibility index (Phi) is 6.50. The second-order valence-electron chi connectivity index (χ2n) is 3.85. The maximum absolute atomic E-state index is 13.2. The summed E-state index contributed by atoms with van der Waals surface area (Å²) in [7, 11) is 1.37. The summed E-state index contributed by atoms with van der Waals surface area (Å²) in [5.74, 6) is 0.0171. The van der Waals surface area contributed by atoms with E-state index in [9.17, 15) is 9.18 Å². The Balaban J connectivity index is 2.46. The Labute approximate surface area is 111 Å². The molecule has 0 spiro atoms. The van der Waals surface area contributed by atoms with Gasteiger partial charge in [0.05, 0.1) is 7.11 Å². The maximum atomic E-state index is 13.2. The van der Waals surface area contributed by atoms with Crippen LogP contribution >= 0.6 is 11.6 Å². The summed E-state index contributed by atoms with van der Waals surface area (Å²) in [4.78, 5) is 11.7. The Morgan fingerprint density at radius 3 is 2.83 bits per heavy atom. The largest absolute Gasteiger partial charge is 0.494 e. The lowest BCUT2D eigenvalue weighted by Crippen LogP contribution is -2.24. The monoisotopic (exact) mass is 273 g/mol. The second-order valence-corrected chi connectivity index (χ2v) is 4.23. The highest BCUT2D eigenvalue weighted by Crippen LogP contribution is 2.18. The number of amides is 1. The Morgan fingerprint density at radius 2 is 2.17 bits per heavy atom. The zero-order chi connectivity index (χ0) is 13.4. The zero-order valence-electron chi connectivity index (χ0n) is 10.3. The van der Waals surface area contributed by atoms with Crippen LogP contribution in [0.1, 0.15) is 29.6 Å². The van der Waals surface area contributed by atoms with E-state index in [1.54, 1.807) is 0 Å². The van der Waals surface area contributed by atoms with Crippen LogP contribution in [0.15, 0.2) is 18.2 Å². The Hall–Kier alpha value is -1.29. The van der Waals surface area contributed by atoms with E-state index in [4.69, 9.17) is 16.3 Å². The molecule has 1 aromatic rings. The molecule has 1 rings (SSSR count). The Bertz CT molecular complexity index is 399. The van der Waals surface area contributed by atoms with Crippen molar-refractivity contribution in [3.8, 4) is 5.75 Å². The third-order valence-corrected chi connectivity index (χ3v) is 2.78. The number of alkyl halides is 1. The van der Waals surface area contributed by atoms with Crippen LogP contribution in [-0.4, -0.2) is 25.4 Å². The lowest BCUT2D eigenvalue weighted by atomic mass is 10.2. The molecule has 0 aliphatic heterocycles. The molecule has 0 fully saturated rings. The van der Waals surface area contributed by atoms with Gasteiger partial charge in [-0.2, -0.15) is 0 Å². The molecule has 0 aromatic heterocycles. The van der Waals surface area contributed by atoms with Crippen LogP contribution in [0.3, 0.4) is 0 Å². The van der Waals surface area contributed by atoms with Gasteiger partial charge in [0.1, 0.15) is 0 Å². The first-order chi connectivity index (χ1) is 8.69. The standard InChI is InChI=1S/C13H17ClFNO2/c1-18-12-9-10(5-6-11(12)15)13(17)16-8-4-2-3-7-14/h5-6,9H,2-4,7-8H2,1H3,(H,16,17). The molecule has 0 heterocycles. The van der Waals surface area contributed by atoms with Crippen LogP contribution in [0, 0.1) is 5.82 Å². The SMILES string of the molecule is COc1cc(C(=O)NCCCCCCl)ccc1F. The average molecular weight is 274 g/mol. The number of benzene rings is 1. The number of unbranched alkanes of at least 4 members (excludes halogenated alkanes) is 2. The van der Waals surface area contributed by atoms with Crippen LogP contribution in [0.2, 0.25) is 0 Å². The average Bonchev–Trinajstić information content (AvgIpc) is 2.38. The predicted octanol–water partition coefficient (Wildman–Crippen LogP) is 2.97. The minimum Gasteiger partial charge on any atom is -0.494 e. The maximum Gasteiger partial charge on any atom is 0.251 e. The molecule has 0 bridgehead atoms. The van der Waals surface area contributed by atoms with Gasteiger partial charge in [-0.15, -0.1) is 11.6 Å². The molecule has 0 aliphatic rings. The van der Waals surface area contributed by atoms with Crippen molar-refractivity contribution in [2.45, 2.75) is 19.3 Å². The lowest BCUT2D eigenvalue weighted by molar-refractivity contribution is 0.0952. The lowest BCUT2D eigenvalue weighted by Gasteiger charge is -2.07. The number of carbonyl (C=O) groups is 1. The van der Waals surface area contributed by atoms with Gasteiger partial charge in [-0.3, -0.25) is 4.79 Å². The first-order valence-corrected chi connectivity index (χ1v) is 6.40. The van der Waals surface area contributed by atoms with E-state index in [1.807, 2.05) is 0 Å². The summed E-state index contributed by atoms with van der Waals surface area (Å²) in [5, 5.41) is 2.77. The molecule has 100 valence electrons. The minimum atomic E-state index is -0.476. The first-order valence-electron chi connectivity index (χ1n) is 5.86. The van der Waals surface area contributed by atoms with E-state index < -0.39 is 5.82 Å². The summed E-state index contributed by atoms with van der Waals surface area (Å²) in [6.45, 7) is 0.593. The molecule has 5 heteroatoms. The number of halogens is 2. The molecule has 0 saturated heterocycles. The molecule has 0 aliphatic carbocycles. The highest BCUT2D eigenvalue weighted by atomic mass is 35.5. The van der Waals surface area contributed by atoms with Gasteiger partial charge in [0.25, 0.3) is 5.91 Å². The number of rotatable bonds is 7. The molecule has 18 heavy (non-hydrogen) atoms. The van der Waals surface area contributed by atoms with Gasteiger partial charge in [-0.25, -0.2) is 4.39 Å². The second kappa shape index (κ2) is 7.93. The normalized spacial score (nSPS) is 10.2. The number of hydrogen-bond donors (Lipinski definition) is 1. The van der Waals surface area contributed by atoms with Crippen molar-refractivity contribution in [1.82, 2.24) is 5.32 Å². The highest BCUT2D eigenvalue weighted by molar-refractivity contribution is 6.17. The van der Waals surface area contributed by atoms with Gasteiger partial charge in [0.2, 0.25) is 0 Å². The third-order valence-electron chi connectivity index (χ3n) is 2.51. The van der Waals surface area contributed by atoms with Gasteiger partial charge in [-0.05, 0) is 31.0 Å². The van der Waals surface area contributed by atoms with E-state index in [0.29, 0.717) is 18.0 Å². The van der Waals surface area contributed by atoms with Crippen LogP contribution in [-0.2, 0) is 0 Å². The van der Waals surface area contributed by atoms with Crippen molar-refractivity contribution in [3.05, 3.63) is 29.6 Å². The quantitative estimate of drug-likeness (QED) is 0.613. The van der Waals surface area contributed by atoms with Gasteiger partial charge in [0, 0.05) is 18.0 Å². The van der Waals surface area contributed by atoms with Gasteiger partial charge in [-0.1, -0.05) is 6.42 Å². The van der Waals surface area contributed by atoms with Gasteiger partial charge < -0.3 is 10.1 Å². The summed E-state index contributed by atoms with van der Waals surface area (Å²) in [5.41, 5.74) is 0.394. The number of nitrogens with one attached hydrogen (secondary N) is 1. The van der Waals surface area contributed by atoms with Crippen LogP contribution in [0.5, 0.6) is 5.75 Å². The van der Waals surface area contributed by atoms with Crippen molar-refractivity contribution in [2.75, 3.05) is 19.5 Å². The third kappa shape index (κ3) is 4.53. The number of methoxy groups -OCH3 is 1. The first kappa shape index (κ1) is 14.8. The molecule has 1 aromatic carbocycles. The van der Waals surface area contributed by atoms with E-state index >= 15 is 0 Å². The molecule has 0 unspecified atom stereocenters. The predicted molar refractivity (Wildman–Crippen MR) is 69.9 cm³/mol. The minimum absolute atomic E-state index is 0.0739. The van der Waals surface area contributed by atoms with Crippen LogP contribution in [0.25, 0.3) is 0 Å². The van der Waals surface area contributed by atoms with Crippen LogP contribution in [0.4, 0.5) is 4.39 Å². The van der Waals surface area contributed by atoms with E-state index in [-0.39, 0.29) is 11.7 Å². The fraction of sp³-hybridized carbons (Fsp3) is 0.462. The number of ether oxygens (including phenoxy) is 1. The molecule has 0 radical (unpaired) electrons. The topological polar surface area (TPSA) is 38.3 Å². The summed E-state index contributed by atoms with van der Waals surface area (Å²) in [6.07, 6.45) is 2.81. The van der Waals surface area contributed by atoms with Crippen molar-refractivity contribution in [1.29, 1.82) is 0 Å². The smallest absolute Gasteiger partial charge is 0.251 e.